The number of aromatic amines is 1. The summed E-state index contributed by atoms with van der Waals surface area (Å²) in [5.41, 5.74) is 3.58. The number of aromatic nitrogens is 4. The molecule has 2 N–H and O–H groups in total. The summed E-state index contributed by atoms with van der Waals surface area (Å²) in [6.45, 7) is 2.70. The summed E-state index contributed by atoms with van der Waals surface area (Å²) in [6, 6.07) is 6.80. The molecule has 0 unspecified atom stereocenters. The van der Waals surface area contributed by atoms with Gasteiger partial charge in [0.05, 0.1) is 23.4 Å². The maximum atomic E-state index is 14.5. The van der Waals surface area contributed by atoms with Crippen LogP contribution >= 0.6 is 0 Å². The second kappa shape index (κ2) is 6.98. The predicted octanol–water partition coefficient (Wildman–Crippen LogP) is 3.32. The lowest BCUT2D eigenvalue weighted by Gasteiger charge is -2.14. The molecule has 0 atom stereocenters. The van der Waals surface area contributed by atoms with E-state index in [0.717, 1.165) is 22.7 Å². The fraction of sp³-hybridized carbons (Fsp3) is 0.227. The molecule has 4 heterocycles. The van der Waals surface area contributed by atoms with Gasteiger partial charge in [0.25, 0.3) is 5.56 Å². The minimum Gasteiger partial charge on any atom is -0.493 e. The molecule has 1 aromatic carbocycles. The number of halogens is 1. The Bertz CT molecular complexity index is 1340. The summed E-state index contributed by atoms with van der Waals surface area (Å²) in [4.78, 5) is 20.0. The van der Waals surface area contributed by atoms with Crippen LogP contribution in [0.4, 0.5) is 10.2 Å². The molecule has 4 aromatic rings. The number of anilines is 1. The number of pyridine rings is 2. The first kappa shape index (κ1) is 18.4. The molecule has 8 heteroatoms. The fourth-order valence-corrected chi connectivity index (χ4v) is 4.08. The van der Waals surface area contributed by atoms with Gasteiger partial charge < -0.3 is 15.0 Å². The van der Waals surface area contributed by atoms with Crippen molar-refractivity contribution in [3.63, 3.8) is 0 Å². The molecule has 0 radical (unpaired) electrons. The van der Waals surface area contributed by atoms with Crippen LogP contribution in [0.3, 0.4) is 0 Å². The summed E-state index contributed by atoms with van der Waals surface area (Å²) < 4.78 is 21.8. The van der Waals surface area contributed by atoms with Crippen LogP contribution in [0.2, 0.25) is 0 Å². The average Bonchev–Trinajstić information content (AvgIpc) is 3.33. The van der Waals surface area contributed by atoms with Gasteiger partial charge in [-0.2, -0.15) is 5.10 Å². The van der Waals surface area contributed by atoms with Crippen LogP contribution in [-0.2, 0) is 20.0 Å². The van der Waals surface area contributed by atoms with Crippen molar-refractivity contribution in [2.24, 2.45) is 7.05 Å². The number of nitrogens with zero attached hydrogens (tertiary/aromatic N) is 3. The Balaban J connectivity index is 1.58. The zero-order chi connectivity index (χ0) is 20.8. The van der Waals surface area contributed by atoms with Crippen LogP contribution < -0.4 is 15.6 Å². The van der Waals surface area contributed by atoms with Crippen molar-refractivity contribution in [1.82, 2.24) is 19.7 Å². The Morgan fingerprint density at radius 3 is 3.00 bits per heavy atom. The molecule has 0 fully saturated rings. The second-order valence-corrected chi connectivity index (χ2v) is 7.37. The Morgan fingerprint density at radius 1 is 1.33 bits per heavy atom. The van der Waals surface area contributed by atoms with Crippen LogP contribution in [-0.4, -0.2) is 26.4 Å². The molecule has 0 saturated heterocycles. The molecule has 152 valence electrons. The van der Waals surface area contributed by atoms with Crippen LogP contribution in [0.5, 0.6) is 5.75 Å². The molecule has 0 bridgehead atoms. The highest BCUT2D eigenvalue weighted by Crippen LogP contribution is 2.32. The average molecular weight is 405 g/mol. The van der Waals surface area contributed by atoms with E-state index in [2.05, 4.69) is 20.4 Å². The summed E-state index contributed by atoms with van der Waals surface area (Å²) in [7, 11) is 1.83. The summed E-state index contributed by atoms with van der Waals surface area (Å²) in [5.74, 6) is 0.968. The number of rotatable bonds is 4. The standard InChI is InChI=1S/C22H20FN5O2/c1-12-9-18(28(2)27-12)16-11-26-21(14-5-7-24-22(29)20(14)16)25-10-15-13-6-8-30-19(13)4-3-17(15)23/h3-5,7,9,11H,6,8,10H2,1-2H3,(H,24,29)(H,25,26). The quantitative estimate of drug-likeness (QED) is 0.544. The van der Waals surface area contributed by atoms with Crippen molar-refractivity contribution in [3.05, 3.63) is 69.7 Å². The first-order chi connectivity index (χ1) is 14.5. The van der Waals surface area contributed by atoms with E-state index in [1.165, 1.54) is 6.07 Å². The maximum Gasteiger partial charge on any atom is 0.256 e. The van der Waals surface area contributed by atoms with Crippen LogP contribution in [0.15, 0.2) is 41.5 Å². The third-order valence-corrected chi connectivity index (χ3v) is 5.46. The zero-order valence-corrected chi connectivity index (χ0v) is 16.6. The first-order valence-corrected chi connectivity index (χ1v) is 9.71. The van der Waals surface area contributed by atoms with Gasteiger partial charge in [-0.1, -0.05) is 0 Å². The molecule has 1 aliphatic heterocycles. The number of fused-ring (bicyclic) bond motifs is 2. The number of ether oxygens (including phenoxy) is 1. The number of nitrogens with one attached hydrogen (secondary N) is 2. The van der Waals surface area contributed by atoms with Crippen molar-refractivity contribution >= 4 is 16.6 Å². The maximum absolute atomic E-state index is 14.5. The zero-order valence-electron chi connectivity index (χ0n) is 16.6. The summed E-state index contributed by atoms with van der Waals surface area (Å²) >= 11 is 0. The summed E-state index contributed by atoms with van der Waals surface area (Å²) in [5, 5.41) is 8.77. The third-order valence-electron chi connectivity index (χ3n) is 5.46. The van der Waals surface area contributed by atoms with Gasteiger partial charge in [-0.3, -0.25) is 9.48 Å². The lowest BCUT2D eigenvalue weighted by molar-refractivity contribution is 0.356. The number of H-pyrrole nitrogens is 1. The van der Waals surface area contributed by atoms with Crippen molar-refractivity contribution in [3.8, 4) is 17.0 Å². The largest absolute Gasteiger partial charge is 0.493 e. The minimum absolute atomic E-state index is 0.216. The molecule has 0 spiro atoms. The van der Waals surface area contributed by atoms with Crippen molar-refractivity contribution < 1.29 is 9.13 Å². The third kappa shape index (κ3) is 2.92. The number of hydrogen-bond acceptors (Lipinski definition) is 5. The van der Waals surface area contributed by atoms with Gasteiger partial charge in [0, 0.05) is 54.5 Å². The molecular formula is C22H20FN5O2. The lowest BCUT2D eigenvalue weighted by Crippen LogP contribution is -2.11. The van der Waals surface area contributed by atoms with E-state index >= 15 is 0 Å². The lowest BCUT2D eigenvalue weighted by atomic mass is 10.0. The molecule has 0 saturated carbocycles. The fourth-order valence-electron chi connectivity index (χ4n) is 4.08. The first-order valence-electron chi connectivity index (χ1n) is 9.71. The van der Waals surface area contributed by atoms with E-state index in [-0.39, 0.29) is 17.9 Å². The van der Waals surface area contributed by atoms with Gasteiger partial charge in [-0.25, -0.2) is 9.37 Å². The molecule has 30 heavy (non-hydrogen) atoms. The van der Waals surface area contributed by atoms with Gasteiger partial charge >= 0.3 is 0 Å². The van der Waals surface area contributed by atoms with E-state index in [0.29, 0.717) is 40.7 Å². The van der Waals surface area contributed by atoms with E-state index in [9.17, 15) is 9.18 Å². The highest BCUT2D eigenvalue weighted by molar-refractivity contribution is 6.00. The minimum atomic E-state index is -0.282. The Morgan fingerprint density at radius 2 is 2.20 bits per heavy atom. The highest BCUT2D eigenvalue weighted by atomic mass is 19.1. The van der Waals surface area contributed by atoms with Crippen molar-refractivity contribution in [1.29, 1.82) is 0 Å². The highest BCUT2D eigenvalue weighted by Gasteiger charge is 2.20. The van der Waals surface area contributed by atoms with E-state index in [1.807, 2.05) is 20.0 Å². The monoisotopic (exact) mass is 405 g/mol. The van der Waals surface area contributed by atoms with Crippen LogP contribution in [0.1, 0.15) is 16.8 Å². The van der Waals surface area contributed by atoms with Gasteiger partial charge in [0.2, 0.25) is 0 Å². The van der Waals surface area contributed by atoms with Crippen LogP contribution in [0, 0.1) is 12.7 Å². The molecule has 3 aromatic heterocycles. The molecule has 7 nitrogen and oxygen atoms in total. The van der Waals surface area contributed by atoms with E-state index < -0.39 is 0 Å². The second-order valence-electron chi connectivity index (χ2n) is 7.37. The van der Waals surface area contributed by atoms with Gasteiger partial charge in [-0.05, 0) is 31.2 Å². The van der Waals surface area contributed by atoms with Crippen molar-refractivity contribution in [2.75, 3.05) is 11.9 Å². The number of benzene rings is 1. The van der Waals surface area contributed by atoms with Gasteiger partial charge in [-0.15, -0.1) is 0 Å². The Hall–Kier alpha value is -3.68. The van der Waals surface area contributed by atoms with Gasteiger partial charge in [0.15, 0.2) is 0 Å². The van der Waals surface area contributed by atoms with E-state index in [4.69, 9.17) is 4.74 Å². The normalized spacial score (nSPS) is 12.8. The molecular weight excluding hydrogens is 385 g/mol. The van der Waals surface area contributed by atoms with Crippen LogP contribution in [0.25, 0.3) is 22.0 Å². The molecule has 0 aliphatic carbocycles. The number of aryl methyl sites for hydroxylation is 2. The SMILES string of the molecule is Cc1cc(-c2cnc(NCc3c(F)ccc4c3CCO4)c3cc[nH]c(=O)c23)n(C)n1. The van der Waals surface area contributed by atoms with Gasteiger partial charge in [0.1, 0.15) is 17.4 Å². The Kier molecular flexibility index (Phi) is 4.27. The smallest absolute Gasteiger partial charge is 0.256 e. The predicted molar refractivity (Wildman–Crippen MR) is 112 cm³/mol. The summed E-state index contributed by atoms with van der Waals surface area (Å²) in [6.07, 6.45) is 3.92. The number of hydrogen-bond donors (Lipinski definition) is 2. The Labute approximate surface area is 171 Å². The van der Waals surface area contributed by atoms with Crippen molar-refractivity contribution in [2.45, 2.75) is 19.9 Å². The molecule has 1 aliphatic rings. The molecule has 5 rings (SSSR count). The topological polar surface area (TPSA) is 84.8 Å². The molecule has 0 amide bonds. The van der Waals surface area contributed by atoms with E-state index in [1.54, 1.807) is 29.2 Å².